The van der Waals surface area contributed by atoms with E-state index in [9.17, 15) is 9.18 Å². The van der Waals surface area contributed by atoms with Gasteiger partial charge < -0.3 is 14.8 Å². The van der Waals surface area contributed by atoms with Gasteiger partial charge in [0.15, 0.2) is 0 Å². The molecule has 3 rings (SSSR count). The van der Waals surface area contributed by atoms with Gasteiger partial charge in [-0.05, 0) is 49.8 Å². The van der Waals surface area contributed by atoms with Gasteiger partial charge in [-0.25, -0.2) is 14.2 Å². The minimum atomic E-state index is -0.212. The number of aryl methyl sites for hydroxylation is 1. The summed E-state index contributed by atoms with van der Waals surface area (Å²) in [6.07, 6.45) is 5.79. The van der Waals surface area contributed by atoms with E-state index in [0.29, 0.717) is 12.5 Å². The molecule has 0 saturated carbocycles. The summed E-state index contributed by atoms with van der Waals surface area (Å²) >= 11 is 0. The summed E-state index contributed by atoms with van der Waals surface area (Å²) in [7, 11) is 0. The smallest absolute Gasteiger partial charge is 0.317 e. The molecule has 1 aromatic carbocycles. The number of carbonyl (C=O) groups is 1. The third kappa shape index (κ3) is 5.08. The lowest BCUT2D eigenvalue weighted by molar-refractivity contribution is 0.169. The Morgan fingerprint density at radius 1 is 1.26 bits per heavy atom. The Bertz CT molecular complexity index is 748. The number of imidazole rings is 1. The van der Waals surface area contributed by atoms with Crippen molar-refractivity contribution >= 4 is 6.03 Å². The highest BCUT2D eigenvalue weighted by molar-refractivity contribution is 5.74. The van der Waals surface area contributed by atoms with Crippen molar-refractivity contribution in [3.8, 4) is 0 Å². The van der Waals surface area contributed by atoms with E-state index >= 15 is 0 Å². The number of rotatable bonds is 6. The van der Waals surface area contributed by atoms with E-state index in [4.69, 9.17) is 0 Å². The van der Waals surface area contributed by atoms with Crippen LogP contribution < -0.4 is 5.32 Å². The summed E-state index contributed by atoms with van der Waals surface area (Å²) in [6.45, 7) is 7.16. The number of nitrogens with one attached hydrogen (secondary N) is 1. The number of hydrogen-bond donors (Lipinski definition) is 1. The Hall–Kier alpha value is -2.37. The summed E-state index contributed by atoms with van der Waals surface area (Å²) in [6, 6.07) is 6.71. The summed E-state index contributed by atoms with van der Waals surface area (Å²) in [5.74, 6) is 1.40. The second-order valence-electron chi connectivity index (χ2n) is 7.39. The van der Waals surface area contributed by atoms with Gasteiger partial charge in [0.25, 0.3) is 0 Å². The van der Waals surface area contributed by atoms with Gasteiger partial charge in [0.1, 0.15) is 11.6 Å². The van der Waals surface area contributed by atoms with Gasteiger partial charge in [-0.3, -0.25) is 0 Å². The van der Waals surface area contributed by atoms with Crippen LogP contribution in [0.3, 0.4) is 0 Å². The SMILES string of the molecule is CCCNC(=O)N1CCC(Cc2ncc(C)n2Cc2ccc(F)cc2)CC1. The minimum Gasteiger partial charge on any atom is -0.338 e. The Balaban J connectivity index is 1.57. The first-order valence-electron chi connectivity index (χ1n) is 9.85. The average Bonchev–Trinajstić information content (AvgIpc) is 3.02. The first-order chi connectivity index (χ1) is 13.1. The molecule has 1 N–H and O–H groups in total. The molecule has 6 heteroatoms. The number of carbonyl (C=O) groups excluding carboxylic acids is 1. The van der Waals surface area contributed by atoms with Crippen molar-refractivity contribution in [3.05, 3.63) is 53.4 Å². The number of hydrogen-bond acceptors (Lipinski definition) is 2. The van der Waals surface area contributed by atoms with E-state index in [1.54, 1.807) is 0 Å². The molecule has 146 valence electrons. The highest BCUT2D eigenvalue weighted by Crippen LogP contribution is 2.22. The van der Waals surface area contributed by atoms with Crippen LogP contribution in [0.15, 0.2) is 30.5 Å². The molecule has 0 aliphatic carbocycles. The molecule has 0 bridgehead atoms. The molecule has 2 amide bonds. The van der Waals surface area contributed by atoms with Crippen LogP contribution in [-0.2, 0) is 13.0 Å². The minimum absolute atomic E-state index is 0.0592. The van der Waals surface area contributed by atoms with Crippen LogP contribution in [0.5, 0.6) is 0 Å². The standard InChI is InChI=1S/C21H29FN4O/c1-3-10-23-21(27)25-11-8-17(9-12-25)13-20-24-14-16(2)26(20)15-18-4-6-19(22)7-5-18/h4-7,14,17H,3,8-13,15H2,1-2H3,(H,23,27). The van der Waals surface area contributed by atoms with Crippen LogP contribution in [-0.4, -0.2) is 40.1 Å². The van der Waals surface area contributed by atoms with Crippen molar-refractivity contribution in [2.75, 3.05) is 19.6 Å². The molecular formula is C21H29FN4O. The molecule has 5 nitrogen and oxygen atoms in total. The second kappa shape index (κ2) is 9.02. The van der Waals surface area contributed by atoms with E-state index < -0.39 is 0 Å². The average molecular weight is 372 g/mol. The third-order valence-electron chi connectivity index (χ3n) is 5.29. The molecule has 0 unspecified atom stereocenters. The zero-order chi connectivity index (χ0) is 19.2. The van der Waals surface area contributed by atoms with Crippen molar-refractivity contribution in [2.45, 2.75) is 46.1 Å². The van der Waals surface area contributed by atoms with Crippen molar-refractivity contribution in [3.63, 3.8) is 0 Å². The predicted molar refractivity (Wildman–Crippen MR) is 104 cm³/mol. The second-order valence-corrected chi connectivity index (χ2v) is 7.39. The zero-order valence-electron chi connectivity index (χ0n) is 16.2. The van der Waals surface area contributed by atoms with Crippen LogP contribution >= 0.6 is 0 Å². The first-order valence-corrected chi connectivity index (χ1v) is 9.85. The van der Waals surface area contributed by atoms with Crippen molar-refractivity contribution in [1.29, 1.82) is 0 Å². The number of aromatic nitrogens is 2. The molecular weight excluding hydrogens is 343 g/mol. The van der Waals surface area contributed by atoms with Gasteiger partial charge >= 0.3 is 6.03 Å². The molecule has 0 atom stereocenters. The summed E-state index contributed by atoms with van der Waals surface area (Å²) in [5, 5.41) is 2.95. The monoisotopic (exact) mass is 372 g/mol. The molecule has 1 aliphatic heterocycles. The summed E-state index contributed by atoms with van der Waals surface area (Å²) in [5.41, 5.74) is 2.19. The van der Waals surface area contributed by atoms with E-state index in [0.717, 1.165) is 62.4 Å². The third-order valence-corrected chi connectivity index (χ3v) is 5.29. The summed E-state index contributed by atoms with van der Waals surface area (Å²) in [4.78, 5) is 18.6. The zero-order valence-corrected chi connectivity index (χ0v) is 16.2. The molecule has 1 aliphatic rings. The van der Waals surface area contributed by atoms with Crippen LogP contribution in [0.2, 0.25) is 0 Å². The fourth-order valence-electron chi connectivity index (χ4n) is 3.60. The maximum Gasteiger partial charge on any atom is 0.317 e. The number of nitrogens with zero attached hydrogens (tertiary/aromatic N) is 3. The first kappa shape index (κ1) is 19.4. The molecule has 2 heterocycles. The number of likely N-dealkylation sites (tertiary alicyclic amines) is 1. The van der Waals surface area contributed by atoms with E-state index in [-0.39, 0.29) is 11.8 Å². The highest BCUT2D eigenvalue weighted by Gasteiger charge is 2.24. The lowest BCUT2D eigenvalue weighted by atomic mass is 9.93. The number of benzene rings is 1. The fourth-order valence-corrected chi connectivity index (χ4v) is 3.60. The van der Waals surface area contributed by atoms with Crippen molar-refractivity contribution in [1.82, 2.24) is 19.8 Å². The molecule has 0 spiro atoms. The van der Waals surface area contributed by atoms with Crippen LogP contribution in [0.1, 0.15) is 43.3 Å². The quantitative estimate of drug-likeness (QED) is 0.839. The van der Waals surface area contributed by atoms with Crippen LogP contribution in [0, 0.1) is 18.7 Å². The van der Waals surface area contributed by atoms with Crippen LogP contribution in [0.25, 0.3) is 0 Å². The number of piperidine rings is 1. The van der Waals surface area contributed by atoms with Gasteiger partial charge in [0, 0.05) is 44.5 Å². The van der Waals surface area contributed by atoms with Gasteiger partial charge in [0.2, 0.25) is 0 Å². The van der Waals surface area contributed by atoms with Gasteiger partial charge in [0.05, 0.1) is 0 Å². The highest BCUT2D eigenvalue weighted by atomic mass is 19.1. The normalized spacial score (nSPS) is 15.1. The largest absolute Gasteiger partial charge is 0.338 e. The molecule has 27 heavy (non-hydrogen) atoms. The lowest BCUT2D eigenvalue weighted by Gasteiger charge is -2.32. The molecule has 1 aromatic heterocycles. The van der Waals surface area contributed by atoms with E-state index in [1.807, 2.05) is 23.2 Å². The molecule has 1 fully saturated rings. The number of amides is 2. The fraction of sp³-hybridized carbons (Fsp3) is 0.524. The predicted octanol–water partition coefficient (Wildman–Crippen LogP) is 3.75. The van der Waals surface area contributed by atoms with E-state index in [1.165, 1.54) is 12.1 Å². The Labute approximate surface area is 160 Å². The maximum atomic E-state index is 13.1. The summed E-state index contributed by atoms with van der Waals surface area (Å²) < 4.78 is 15.4. The van der Waals surface area contributed by atoms with Gasteiger partial charge in [-0.2, -0.15) is 0 Å². The van der Waals surface area contributed by atoms with Crippen LogP contribution in [0.4, 0.5) is 9.18 Å². The Morgan fingerprint density at radius 2 is 1.96 bits per heavy atom. The molecule has 0 radical (unpaired) electrons. The van der Waals surface area contributed by atoms with Gasteiger partial charge in [-0.1, -0.05) is 19.1 Å². The topological polar surface area (TPSA) is 50.2 Å². The molecule has 2 aromatic rings. The molecule has 1 saturated heterocycles. The van der Waals surface area contributed by atoms with E-state index in [2.05, 4.69) is 28.7 Å². The van der Waals surface area contributed by atoms with Gasteiger partial charge in [-0.15, -0.1) is 0 Å². The van der Waals surface area contributed by atoms with Crippen molar-refractivity contribution in [2.24, 2.45) is 5.92 Å². The Kier molecular flexibility index (Phi) is 6.48. The number of urea groups is 1. The number of halogens is 1. The Morgan fingerprint density at radius 3 is 2.63 bits per heavy atom. The maximum absolute atomic E-state index is 13.1. The van der Waals surface area contributed by atoms with Crippen molar-refractivity contribution < 1.29 is 9.18 Å². The lowest BCUT2D eigenvalue weighted by Crippen LogP contribution is -2.45.